The number of aromatic nitrogens is 2. The third kappa shape index (κ3) is 4.71. The lowest BCUT2D eigenvalue weighted by molar-refractivity contribution is 0.0320. The molecule has 0 bridgehead atoms. The molecule has 19 heavy (non-hydrogen) atoms. The largest absolute Gasteiger partial charge is 0.382 e. The van der Waals surface area contributed by atoms with E-state index in [0.717, 1.165) is 0 Å². The van der Waals surface area contributed by atoms with Crippen LogP contribution in [0.15, 0.2) is 17.3 Å². The van der Waals surface area contributed by atoms with Crippen LogP contribution in [0.4, 0.5) is 5.95 Å². The number of methoxy groups -OCH3 is 2. The van der Waals surface area contributed by atoms with Crippen molar-refractivity contribution in [3.63, 3.8) is 0 Å². The summed E-state index contributed by atoms with van der Waals surface area (Å²) in [6.07, 6.45) is 2.12. The zero-order chi connectivity index (χ0) is 14.3. The van der Waals surface area contributed by atoms with Crippen molar-refractivity contribution < 1.29 is 17.9 Å². The van der Waals surface area contributed by atoms with Crippen molar-refractivity contribution in [2.45, 2.75) is 11.0 Å². The van der Waals surface area contributed by atoms with Gasteiger partial charge in [0.25, 0.3) is 0 Å². The van der Waals surface area contributed by atoms with Crippen LogP contribution in [0.25, 0.3) is 0 Å². The molecular weight excluding hydrogens is 272 g/mol. The van der Waals surface area contributed by atoms with Gasteiger partial charge in [-0.3, -0.25) is 0 Å². The molecule has 9 heteroatoms. The first-order valence-electron chi connectivity index (χ1n) is 5.54. The molecule has 0 aliphatic rings. The zero-order valence-electron chi connectivity index (χ0n) is 11.1. The number of nitrogens with one attached hydrogen (secondary N) is 2. The van der Waals surface area contributed by atoms with E-state index in [-0.39, 0.29) is 17.5 Å². The Kier molecular flexibility index (Phi) is 6.09. The fourth-order valence-electron chi connectivity index (χ4n) is 1.27. The average molecular weight is 290 g/mol. The molecule has 1 aromatic heterocycles. The van der Waals surface area contributed by atoms with Gasteiger partial charge in [0.1, 0.15) is 4.90 Å². The molecule has 0 saturated heterocycles. The van der Waals surface area contributed by atoms with E-state index in [4.69, 9.17) is 9.47 Å². The van der Waals surface area contributed by atoms with E-state index in [9.17, 15) is 8.42 Å². The molecule has 0 amide bonds. The number of ether oxygens (including phenoxy) is 2. The van der Waals surface area contributed by atoms with Gasteiger partial charge in [-0.15, -0.1) is 0 Å². The number of anilines is 1. The Balaban J connectivity index is 2.69. The molecule has 0 aliphatic carbocycles. The summed E-state index contributed by atoms with van der Waals surface area (Å²) in [5.74, 6) is 0.355. The van der Waals surface area contributed by atoms with Gasteiger partial charge in [0.05, 0.1) is 25.1 Å². The minimum absolute atomic E-state index is 0.00114. The third-order valence-electron chi connectivity index (χ3n) is 2.35. The Hall–Kier alpha value is -1.29. The summed E-state index contributed by atoms with van der Waals surface area (Å²) < 4.78 is 36.3. The second-order valence-corrected chi connectivity index (χ2v) is 5.42. The van der Waals surface area contributed by atoms with E-state index in [1.165, 1.54) is 26.6 Å². The number of sulfonamides is 1. The molecule has 2 N–H and O–H groups in total. The first kappa shape index (κ1) is 15.8. The van der Waals surface area contributed by atoms with E-state index in [0.29, 0.717) is 12.6 Å². The van der Waals surface area contributed by atoms with Crippen molar-refractivity contribution in [2.24, 2.45) is 0 Å². The smallest absolute Gasteiger partial charge is 0.243 e. The molecule has 1 unspecified atom stereocenters. The third-order valence-corrected chi connectivity index (χ3v) is 3.73. The molecule has 0 aliphatic heterocycles. The van der Waals surface area contributed by atoms with Crippen molar-refractivity contribution in [3.8, 4) is 0 Å². The highest BCUT2D eigenvalue weighted by molar-refractivity contribution is 7.89. The van der Waals surface area contributed by atoms with Crippen molar-refractivity contribution >= 4 is 16.0 Å². The normalized spacial score (nSPS) is 13.2. The summed E-state index contributed by atoms with van der Waals surface area (Å²) in [6, 6.07) is 0. The Morgan fingerprint density at radius 3 is 2.42 bits per heavy atom. The van der Waals surface area contributed by atoms with Gasteiger partial charge >= 0.3 is 0 Å². The predicted molar refractivity (Wildman–Crippen MR) is 69.4 cm³/mol. The Morgan fingerprint density at radius 1 is 1.32 bits per heavy atom. The van der Waals surface area contributed by atoms with Crippen molar-refractivity contribution in [1.29, 1.82) is 0 Å². The SMILES string of the molecule is CNc1ncc(S(=O)(=O)NCC(COC)OC)cn1. The van der Waals surface area contributed by atoms with E-state index >= 15 is 0 Å². The van der Waals surface area contributed by atoms with Crippen LogP contribution in [0.2, 0.25) is 0 Å². The molecule has 0 saturated carbocycles. The van der Waals surface area contributed by atoms with Crippen LogP contribution in [0, 0.1) is 0 Å². The molecule has 0 spiro atoms. The maximum Gasteiger partial charge on any atom is 0.243 e. The maximum absolute atomic E-state index is 11.9. The van der Waals surface area contributed by atoms with Crippen LogP contribution < -0.4 is 10.0 Å². The van der Waals surface area contributed by atoms with Crippen LogP contribution >= 0.6 is 0 Å². The maximum atomic E-state index is 11.9. The molecular formula is C10H18N4O4S. The number of rotatable bonds is 8. The first-order valence-corrected chi connectivity index (χ1v) is 7.03. The number of hydrogen-bond acceptors (Lipinski definition) is 7. The highest BCUT2D eigenvalue weighted by atomic mass is 32.2. The van der Waals surface area contributed by atoms with Gasteiger partial charge in [-0.2, -0.15) is 0 Å². The minimum atomic E-state index is -3.65. The number of nitrogens with zero attached hydrogens (tertiary/aromatic N) is 2. The lowest BCUT2D eigenvalue weighted by Gasteiger charge is -2.15. The highest BCUT2D eigenvalue weighted by Crippen LogP contribution is 2.07. The quantitative estimate of drug-likeness (QED) is 0.662. The molecule has 0 aromatic carbocycles. The van der Waals surface area contributed by atoms with Crippen LogP contribution in [0.1, 0.15) is 0 Å². The van der Waals surface area contributed by atoms with Gasteiger partial charge in [-0.05, 0) is 0 Å². The standard InChI is InChI=1S/C10H18N4O4S/c1-11-10-12-5-9(6-13-10)19(15,16)14-4-8(18-3)7-17-2/h5-6,8,14H,4,7H2,1-3H3,(H,11,12,13). The van der Waals surface area contributed by atoms with E-state index in [2.05, 4.69) is 20.0 Å². The molecule has 1 heterocycles. The molecule has 1 aromatic rings. The first-order chi connectivity index (χ1) is 9.03. The molecule has 1 rings (SSSR count). The van der Waals surface area contributed by atoms with Crippen LogP contribution in [-0.2, 0) is 19.5 Å². The van der Waals surface area contributed by atoms with E-state index in [1.54, 1.807) is 7.05 Å². The molecule has 108 valence electrons. The van der Waals surface area contributed by atoms with Crippen molar-refractivity contribution in [3.05, 3.63) is 12.4 Å². The van der Waals surface area contributed by atoms with Crippen LogP contribution in [0.3, 0.4) is 0 Å². The summed E-state index contributed by atoms with van der Waals surface area (Å²) >= 11 is 0. The highest BCUT2D eigenvalue weighted by Gasteiger charge is 2.17. The number of hydrogen-bond donors (Lipinski definition) is 2. The minimum Gasteiger partial charge on any atom is -0.382 e. The lowest BCUT2D eigenvalue weighted by atomic mass is 10.4. The lowest BCUT2D eigenvalue weighted by Crippen LogP contribution is -2.35. The fraction of sp³-hybridized carbons (Fsp3) is 0.600. The summed E-state index contributed by atoms with van der Waals surface area (Å²) in [6.45, 7) is 0.411. The monoisotopic (exact) mass is 290 g/mol. The zero-order valence-corrected chi connectivity index (χ0v) is 11.9. The molecule has 8 nitrogen and oxygen atoms in total. The van der Waals surface area contributed by atoms with Gasteiger partial charge in [-0.1, -0.05) is 0 Å². The second-order valence-electron chi connectivity index (χ2n) is 3.66. The van der Waals surface area contributed by atoms with E-state index in [1.807, 2.05) is 0 Å². The average Bonchev–Trinajstić information content (AvgIpc) is 2.43. The molecule has 0 radical (unpaired) electrons. The second kappa shape index (κ2) is 7.34. The topological polar surface area (TPSA) is 102 Å². The fourth-order valence-corrected chi connectivity index (χ4v) is 2.22. The van der Waals surface area contributed by atoms with Crippen LogP contribution in [0.5, 0.6) is 0 Å². The summed E-state index contributed by atoms with van der Waals surface area (Å²) in [4.78, 5) is 7.70. The predicted octanol–water partition coefficient (Wildman–Crippen LogP) is -0.542. The molecule has 0 fully saturated rings. The van der Waals surface area contributed by atoms with Gasteiger partial charge in [0, 0.05) is 27.8 Å². The van der Waals surface area contributed by atoms with Crippen molar-refractivity contribution in [1.82, 2.24) is 14.7 Å². The van der Waals surface area contributed by atoms with Crippen LogP contribution in [-0.4, -0.2) is 58.9 Å². The van der Waals surface area contributed by atoms with E-state index < -0.39 is 10.0 Å². The summed E-state index contributed by atoms with van der Waals surface area (Å²) in [7, 11) is 1.01. The summed E-state index contributed by atoms with van der Waals surface area (Å²) in [5.41, 5.74) is 0. The Morgan fingerprint density at radius 2 is 1.95 bits per heavy atom. The molecule has 1 atom stereocenters. The summed E-state index contributed by atoms with van der Waals surface area (Å²) in [5, 5.41) is 2.71. The van der Waals surface area contributed by atoms with Crippen molar-refractivity contribution in [2.75, 3.05) is 39.7 Å². The van der Waals surface area contributed by atoms with Gasteiger partial charge in [0.15, 0.2) is 0 Å². The van der Waals surface area contributed by atoms with Gasteiger partial charge in [-0.25, -0.2) is 23.1 Å². The Labute approximate surface area is 112 Å². The van der Waals surface area contributed by atoms with Gasteiger partial charge < -0.3 is 14.8 Å². The Bertz CT molecular complexity index is 477. The van der Waals surface area contributed by atoms with Gasteiger partial charge in [0.2, 0.25) is 16.0 Å².